The molecule has 32 heavy (non-hydrogen) atoms. The molecule has 4 atom stereocenters. The molecule has 1 spiro atoms. The lowest BCUT2D eigenvalue weighted by Gasteiger charge is -2.38. The second kappa shape index (κ2) is 6.78. The molecule has 0 amide bonds. The van der Waals surface area contributed by atoms with Crippen molar-refractivity contribution in [2.45, 2.75) is 37.0 Å². The summed E-state index contributed by atoms with van der Waals surface area (Å²) >= 11 is 0. The molecule has 5 heteroatoms. The summed E-state index contributed by atoms with van der Waals surface area (Å²) in [7, 11) is 0. The van der Waals surface area contributed by atoms with E-state index in [2.05, 4.69) is 111 Å². The van der Waals surface area contributed by atoms with E-state index in [1.807, 2.05) is 0 Å². The third-order valence-corrected chi connectivity index (χ3v) is 7.52. The molecule has 2 N–H and O–H groups in total. The molecule has 158 valence electrons. The number of nitrogens with zero attached hydrogens (tertiary/aromatic N) is 3. The number of nitrogens with one attached hydrogen (secondary N) is 2. The standard InChI is InChI=1S/C27H25N5/c1-2-8-18(9-3-1)25-16-24-23-13-7-5-10-19(23)14-21-17-27(21,24)32(25)22-12-6-4-11-20(15-22)26-28-30-31-29-26/h1-5,7-11,13-16,21-22,26H,6,12,17H2,(H,28,31)(H,29,30). The topological polar surface area (TPSA) is 52.0 Å². The summed E-state index contributed by atoms with van der Waals surface area (Å²) < 4.78 is 0. The molecule has 0 bridgehead atoms. The van der Waals surface area contributed by atoms with Gasteiger partial charge in [0.05, 0.1) is 5.54 Å². The summed E-state index contributed by atoms with van der Waals surface area (Å²) in [5.74, 6) is 0.559. The van der Waals surface area contributed by atoms with Crippen LogP contribution < -0.4 is 21.4 Å². The molecule has 1 saturated carbocycles. The van der Waals surface area contributed by atoms with Crippen molar-refractivity contribution in [2.75, 3.05) is 0 Å². The van der Waals surface area contributed by atoms with E-state index in [0.717, 1.165) is 12.8 Å². The number of hydrogen-bond donors (Lipinski definition) is 2. The first-order valence-electron chi connectivity index (χ1n) is 11.5. The number of hydrogen-bond acceptors (Lipinski definition) is 5. The van der Waals surface area contributed by atoms with E-state index in [0.29, 0.717) is 12.0 Å². The Hall–Kier alpha value is -3.44. The SMILES string of the molecule is C1=CC(C2N=NNN2)=CC(N2C(c3ccccc3)=CC3=c4ccccc4=CC4CC342)CC1. The first-order valence-corrected chi connectivity index (χ1v) is 11.5. The maximum Gasteiger partial charge on any atom is 0.166 e. The van der Waals surface area contributed by atoms with E-state index in [9.17, 15) is 0 Å². The summed E-state index contributed by atoms with van der Waals surface area (Å²) in [5, 5.41) is 11.0. The molecule has 2 aliphatic heterocycles. The highest BCUT2D eigenvalue weighted by Crippen LogP contribution is 2.63. The molecule has 2 heterocycles. The van der Waals surface area contributed by atoms with Gasteiger partial charge >= 0.3 is 0 Å². The predicted molar refractivity (Wildman–Crippen MR) is 126 cm³/mol. The van der Waals surface area contributed by atoms with Crippen LogP contribution >= 0.6 is 0 Å². The van der Waals surface area contributed by atoms with E-state index in [1.54, 1.807) is 0 Å². The summed E-state index contributed by atoms with van der Waals surface area (Å²) in [6.45, 7) is 0. The van der Waals surface area contributed by atoms with Crippen molar-refractivity contribution in [3.63, 3.8) is 0 Å². The van der Waals surface area contributed by atoms with Gasteiger partial charge in [0, 0.05) is 17.7 Å². The smallest absolute Gasteiger partial charge is 0.166 e. The van der Waals surface area contributed by atoms with Crippen LogP contribution in [0.2, 0.25) is 0 Å². The van der Waals surface area contributed by atoms with Gasteiger partial charge < -0.3 is 4.90 Å². The van der Waals surface area contributed by atoms with Crippen molar-refractivity contribution in [1.29, 1.82) is 0 Å². The van der Waals surface area contributed by atoms with Gasteiger partial charge in [-0.1, -0.05) is 84.1 Å². The molecule has 0 aromatic heterocycles. The van der Waals surface area contributed by atoms with Crippen molar-refractivity contribution >= 4 is 17.3 Å². The number of benzene rings is 2. The third kappa shape index (κ3) is 2.55. The first kappa shape index (κ1) is 18.2. The van der Waals surface area contributed by atoms with Crippen LogP contribution in [0.25, 0.3) is 17.3 Å². The fourth-order valence-corrected chi connectivity index (χ4v) is 6.05. The number of fused-ring (bicyclic) bond motifs is 1. The maximum atomic E-state index is 4.32. The zero-order valence-electron chi connectivity index (χ0n) is 17.8. The number of rotatable bonds is 3. The van der Waals surface area contributed by atoms with Gasteiger partial charge in [-0.3, -0.25) is 0 Å². The predicted octanol–water partition coefficient (Wildman–Crippen LogP) is 3.19. The van der Waals surface area contributed by atoms with Crippen LogP contribution in [0.15, 0.2) is 94.8 Å². The second-order valence-corrected chi connectivity index (χ2v) is 9.26. The summed E-state index contributed by atoms with van der Waals surface area (Å²) in [4.78, 5) is 2.74. The molecule has 3 aliphatic carbocycles. The van der Waals surface area contributed by atoms with Crippen molar-refractivity contribution in [3.8, 4) is 0 Å². The van der Waals surface area contributed by atoms with Crippen LogP contribution in [0.5, 0.6) is 0 Å². The van der Waals surface area contributed by atoms with Crippen LogP contribution in [0, 0.1) is 5.92 Å². The zero-order chi connectivity index (χ0) is 21.1. The molecule has 4 unspecified atom stereocenters. The average Bonchev–Trinajstić information content (AvgIpc) is 3.21. The van der Waals surface area contributed by atoms with Gasteiger partial charge in [-0.05, 0) is 52.5 Å². The highest BCUT2D eigenvalue weighted by atomic mass is 15.7. The van der Waals surface area contributed by atoms with Crippen molar-refractivity contribution in [2.24, 2.45) is 16.3 Å². The molecule has 7 rings (SSSR count). The van der Waals surface area contributed by atoms with Gasteiger partial charge in [0.1, 0.15) is 0 Å². The highest BCUT2D eigenvalue weighted by molar-refractivity contribution is 5.91. The highest BCUT2D eigenvalue weighted by Gasteiger charge is 2.64. The lowest BCUT2D eigenvalue weighted by Crippen LogP contribution is -2.46. The third-order valence-electron chi connectivity index (χ3n) is 7.52. The van der Waals surface area contributed by atoms with E-state index in [1.165, 1.54) is 39.3 Å². The minimum Gasteiger partial charge on any atom is -0.354 e. The molecular weight excluding hydrogens is 394 g/mol. The van der Waals surface area contributed by atoms with Gasteiger partial charge in [-0.15, -0.1) is 5.11 Å². The Morgan fingerprint density at radius 3 is 2.75 bits per heavy atom. The Bertz CT molecular complexity index is 1340. The normalized spacial score (nSPS) is 31.6. The quantitative estimate of drug-likeness (QED) is 0.804. The van der Waals surface area contributed by atoms with Gasteiger partial charge in [0.15, 0.2) is 6.17 Å². The number of hydrazine groups is 1. The van der Waals surface area contributed by atoms with Crippen LogP contribution in [0.1, 0.15) is 24.8 Å². The van der Waals surface area contributed by atoms with E-state index >= 15 is 0 Å². The van der Waals surface area contributed by atoms with Gasteiger partial charge in [0.2, 0.25) is 0 Å². The average molecular weight is 420 g/mol. The van der Waals surface area contributed by atoms with E-state index < -0.39 is 0 Å². The van der Waals surface area contributed by atoms with E-state index in [-0.39, 0.29) is 11.7 Å². The molecule has 2 aromatic rings. The molecular formula is C27H25N5. The van der Waals surface area contributed by atoms with Gasteiger partial charge in [-0.2, -0.15) is 5.43 Å². The van der Waals surface area contributed by atoms with Crippen LogP contribution in [-0.4, -0.2) is 22.6 Å². The minimum absolute atomic E-state index is 0.0685. The zero-order valence-corrected chi connectivity index (χ0v) is 17.8. The fraction of sp³-hybridized carbons (Fsp3) is 0.259. The van der Waals surface area contributed by atoms with Crippen LogP contribution in [-0.2, 0) is 0 Å². The van der Waals surface area contributed by atoms with Crippen molar-refractivity contribution < 1.29 is 0 Å². The van der Waals surface area contributed by atoms with Crippen molar-refractivity contribution in [3.05, 3.63) is 100 Å². The molecule has 5 aliphatic rings. The second-order valence-electron chi connectivity index (χ2n) is 9.26. The monoisotopic (exact) mass is 419 g/mol. The first-order chi connectivity index (χ1) is 15.8. The Morgan fingerprint density at radius 2 is 1.88 bits per heavy atom. The Kier molecular flexibility index (Phi) is 3.85. The fourth-order valence-electron chi connectivity index (χ4n) is 6.05. The van der Waals surface area contributed by atoms with Crippen LogP contribution in [0.3, 0.4) is 0 Å². The lowest BCUT2D eigenvalue weighted by molar-refractivity contribution is 0.272. The Balaban J connectivity index is 1.41. The summed E-state index contributed by atoms with van der Waals surface area (Å²) in [5.41, 5.74) is 11.3. The van der Waals surface area contributed by atoms with Gasteiger partial charge in [0.25, 0.3) is 0 Å². The van der Waals surface area contributed by atoms with Crippen molar-refractivity contribution in [1.82, 2.24) is 15.9 Å². The summed E-state index contributed by atoms with van der Waals surface area (Å²) in [6, 6.07) is 20.1. The molecule has 0 saturated heterocycles. The minimum atomic E-state index is -0.131. The number of allylic oxidation sites excluding steroid dienone is 1. The maximum absolute atomic E-state index is 4.32. The molecule has 5 nitrogen and oxygen atoms in total. The molecule has 1 fully saturated rings. The summed E-state index contributed by atoms with van der Waals surface area (Å²) in [6.07, 6.45) is 15.1. The van der Waals surface area contributed by atoms with E-state index in [4.69, 9.17) is 0 Å². The lowest BCUT2D eigenvalue weighted by atomic mass is 9.93. The Morgan fingerprint density at radius 1 is 1.00 bits per heavy atom. The van der Waals surface area contributed by atoms with Crippen LogP contribution in [0.4, 0.5) is 0 Å². The Labute approximate surface area is 187 Å². The molecule has 2 aromatic carbocycles. The molecule has 0 radical (unpaired) electrons. The van der Waals surface area contributed by atoms with Gasteiger partial charge in [-0.25, -0.2) is 5.53 Å². The largest absolute Gasteiger partial charge is 0.354 e.